The molecule has 0 saturated carbocycles. The molecule has 0 radical (unpaired) electrons. The minimum atomic E-state index is 0. The Balaban J connectivity index is 0. The normalized spacial score (nSPS) is 15.2. The second kappa shape index (κ2) is 13.1. The second-order valence-electron chi connectivity index (χ2n) is 2.10. The van der Waals surface area contributed by atoms with Crippen LogP contribution in [-0.2, 0) is 19.2 Å². The first-order valence-corrected chi connectivity index (χ1v) is 5.17. The molecule has 1 aliphatic rings. The molecular weight excluding hydrogens is 250 g/mol. The summed E-state index contributed by atoms with van der Waals surface area (Å²) >= 11 is 2.75. The molecule has 0 spiro atoms. The Morgan fingerprint density at radius 3 is 1.09 bits per heavy atom. The third-order valence-corrected chi connectivity index (χ3v) is 1.33. The molecule has 0 aliphatic heterocycles. The first-order chi connectivity index (χ1) is 5.00. The van der Waals surface area contributed by atoms with E-state index in [1.807, 2.05) is 5.40 Å². The van der Waals surface area contributed by atoms with E-state index in [1.54, 1.807) is 0 Å². The first kappa shape index (κ1) is 14.0. The number of hydrogen-bond acceptors (Lipinski definition) is 0. The van der Waals surface area contributed by atoms with Crippen LogP contribution in [0.5, 0.6) is 0 Å². The third kappa shape index (κ3) is 10.4. The van der Waals surface area contributed by atoms with Gasteiger partial charge in [-0.15, -0.1) is 12.4 Å². The van der Waals surface area contributed by atoms with E-state index in [0.717, 1.165) is 0 Å². The summed E-state index contributed by atoms with van der Waals surface area (Å²) in [6.07, 6.45) is 14.0. The predicted molar refractivity (Wildman–Crippen MR) is 49.9 cm³/mol. The fourth-order valence-electron chi connectivity index (χ4n) is 0.856. The van der Waals surface area contributed by atoms with Crippen molar-refractivity contribution in [1.29, 1.82) is 0 Å². The molecule has 0 heterocycles. The summed E-state index contributed by atoms with van der Waals surface area (Å²) in [6, 6.07) is 0. The summed E-state index contributed by atoms with van der Waals surface area (Å²) in [6.45, 7) is 0. The van der Waals surface area contributed by atoms with Crippen molar-refractivity contribution in [3.05, 3.63) is 24.3 Å². The van der Waals surface area contributed by atoms with Crippen molar-refractivity contribution < 1.29 is 19.2 Å². The molecule has 0 aromatic carbocycles. The zero-order valence-corrected chi connectivity index (χ0v) is 9.23. The maximum absolute atomic E-state index is 2.75. The van der Waals surface area contributed by atoms with Gasteiger partial charge in [0.15, 0.2) is 0 Å². The standard InChI is InChI=1S/C8H12.CH3.ClH.Pd/c1-2-4-6-8-7-5-3-1;;;/h1-2,7-8H,3-6H2;1H3;1H;. The van der Waals surface area contributed by atoms with E-state index < -0.39 is 0 Å². The molecular formula is C9H16ClPd. The molecule has 0 atom stereocenters. The van der Waals surface area contributed by atoms with Gasteiger partial charge in [0.2, 0.25) is 0 Å². The summed E-state index contributed by atoms with van der Waals surface area (Å²) in [5, 5.41) is 1.85. The second-order valence-corrected chi connectivity index (χ2v) is 2.10. The Kier molecular flexibility index (Phi) is 16.6. The van der Waals surface area contributed by atoms with E-state index >= 15 is 0 Å². The molecule has 0 nitrogen and oxygen atoms in total. The van der Waals surface area contributed by atoms with Gasteiger partial charge in [-0.1, -0.05) is 24.3 Å². The Labute approximate surface area is 87.0 Å². The summed E-state index contributed by atoms with van der Waals surface area (Å²) in [5.74, 6) is 0. The minimum absolute atomic E-state index is 0. The maximum atomic E-state index is 2.75. The average molecular weight is 266 g/mol. The fourth-order valence-corrected chi connectivity index (χ4v) is 0.856. The zero-order chi connectivity index (χ0) is 7.66. The van der Waals surface area contributed by atoms with E-state index in [9.17, 15) is 0 Å². The predicted octanol–water partition coefficient (Wildman–Crippen LogP) is 3.68. The van der Waals surface area contributed by atoms with Crippen LogP contribution >= 0.6 is 12.4 Å². The SMILES string of the molecule is C1=CCCC=CCC1.Cl.[CH3][Pd]. The molecule has 0 aromatic rings. The molecule has 1 rings (SSSR count). The molecule has 0 fully saturated rings. The monoisotopic (exact) mass is 265 g/mol. The van der Waals surface area contributed by atoms with Crippen molar-refractivity contribution in [3.8, 4) is 0 Å². The first-order valence-electron chi connectivity index (χ1n) is 3.62. The number of rotatable bonds is 0. The van der Waals surface area contributed by atoms with E-state index in [2.05, 4.69) is 43.5 Å². The topological polar surface area (TPSA) is 0 Å². The van der Waals surface area contributed by atoms with Crippen LogP contribution in [-0.4, -0.2) is 0 Å². The van der Waals surface area contributed by atoms with Crippen molar-refractivity contribution in [3.63, 3.8) is 0 Å². The summed E-state index contributed by atoms with van der Waals surface area (Å²) in [5.41, 5.74) is 0. The summed E-state index contributed by atoms with van der Waals surface area (Å²) in [7, 11) is 0. The van der Waals surface area contributed by atoms with Gasteiger partial charge in [-0.05, 0) is 25.7 Å². The van der Waals surface area contributed by atoms with E-state index in [0.29, 0.717) is 0 Å². The van der Waals surface area contributed by atoms with Crippen LogP contribution in [0.15, 0.2) is 24.3 Å². The Hall–Kier alpha value is 0.432. The van der Waals surface area contributed by atoms with E-state index in [4.69, 9.17) is 0 Å². The van der Waals surface area contributed by atoms with Gasteiger partial charge in [0.1, 0.15) is 0 Å². The number of hydrogen-bond donors (Lipinski definition) is 0. The summed E-state index contributed by atoms with van der Waals surface area (Å²) < 4.78 is 0. The van der Waals surface area contributed by atoms with Gasteiger partial charge in [-0.25, -0.2) is 0 Å². The Morgan fingerprint density at radius 2 is 0.909 bits per heavy atom. The van der Waals surface area contributed by atoms with Crippen LogP contribution in [0.25, 0.3) is 0 Å². The van der Waals surface area contributed by atoms with Crippen LogP contribution in [0.3, 0.4) is 0 Å². The molecule has 1 aliphatic carbocycles. The zero-order valence-electron chi connectivity index (χ0n) is 6.86. The molecule has 0 amide bonds. The molecule has 2 heteroatoms. The van der Waals surface area contributed by atoms with Gasteiger partial charge in [0, 0.05) is 0 Å². The van der Waals surface area contributed by atoms with Gasteiger partial charge < -0.3 is 0 Å². The third-order valence-electron chi connectivity index (χ3n) is 1.33. The van der Waals surface area contributed by atoms with Gasteiger partial charge >= 0.3 is 24.6 Å². The Morgan fingerprint density at radius 1 is 0.727 bits per heavy atom. The molecule has 69 valence electrons. The van der Waals surface area contributed by atoms with E-state index in [1.165, 1.54) is 25.7 Å². The molecule has 0 N–H and O–H groups in total. The number of halogens is 1. The van der Waals surface area contributed by atoms with Crippen molar-refractivity contribution >= 4 is 12.4 Å². The Bertz CT molecular complexity index is 82.1. The average Bonchev–Trinajstić information content (AvgIpc) is 1.90. The molecule has 0 aromatic heterocycles. The van der Waals surface area contributed by atoms with Gasteiger partial charge in [0.05, 0.1) is 0 Å². The number of allylic oxidation sites excluding steroid dienone is 4. The van der Waals surface area contributed by atoms with E-state index in [-0.39, 0.29) is 12.4 Å². The van der Waals surface area contributed by atoms with Crippen LogP contribution in [0.1, 0.15) is 25.7 Å². The van der Waals surface area contributed by atoms with Crippen molar-refractivity contribution in [2.45, 2.75) is 31.1 Å². The van der Waals surface area contributed by atoms with Crippen molar-refractivity contribution in [1.82, 2.24) is 0 Å². The molecule has 0 saturated heterocycles. The van der Waals surface area contributed by atoms with Crippen LogP contribution in [0.4, 0.5) is 0 Å². The molecule has 0 bridgehead atoms. The van der Waals surface area contributed by atoms with Gasteiger partial charge in [-0.2, -0.15) is 0 Å². The summed E-state index contributed by atoms with van der Waals surface area (Å²) in [4.78, 5) is 0. The van der Waals surface area contributed by atoms with Crippen LogP contribution in [0.2, 0.25) is 5.40 Å². The fraction of sp³-hybridized carbons (Fsp3) is 0.556. The van der Waals surface area contributed by atoms with Gasteiger partial charge in [-0.3, -0.25) is 0 Å². The van der Waals surface area contributed by atoms with Crippen molar-refractivity contribution in [2.24, 2.45) is 0 Å². The van der Waals surface area contributed by atoms with Gasteiger partial charge in [0.25, 0.3) is 0 Å². The van der Waals surface area contributed by atoms with Crippen molar-refractivity contribution in [2.75, 3.05) is 0 Å². The molecule has 0 unspecified atom stereocenters. The van der Waals surface area contributed by atoms with Crippen LogP contribution < -0.4 is 0 Å². The molecule has 11 heavy (non-hydrogen) atoms. The quantitative estimate of drug-likeness (QED) is 0.463. The van der Waals surface area contributed by atoms with Crippen LogP contribution in [0, 0.1) is 0 Å².